The number of hydrogen-bond donors (Lipinski definition) is 8. The van der Waals surface area contributed by atoms with Crippen LogP contribution in [0.4, 0.5) is 0 Å². The van der Waals surface area contributed by atoms with Crippen LogP contribution < -0.4 is 5.32 Å². The van der Waals surface area contributed by atoms with E-state index in [4.69, 9.17) is 33.2 Å². The van der Waals surface area contributed by atoms with Gasteiger partial charge in [0, 0.05) is 68.8 Å². The summed E-state index contributed by atoms with van der Waals surface area (Å²) in [5.74, 6) is -1.89. The molecule has 0 aromatic carbocycles. The van der Waals surface area contributed by atoms with E-state index in [1.54, 1.807) is 45.8 Å². The highest BCUT2D eigenvalue weighted by atomic mass is 31.2. The van der Waals surface area contributed by atoms with Crippen LogP contribution in [-0.4, -0.2) is 166 Å². The van der Waals surface area contributed by atoms with Gasteiger partial charge in [-0.2, -0.15) is 5.26 Å². The number of oxazole rings is 1. The van der Waals surface area contributed by atoms with Crippen molar-refractivity contribution in [1.82, 2.24) is 15.2 Å². The zero-order valence-corrected chi connectivity index (χ0v) is 44.7. The van der Waals surface area contributed by atoms with Crippen LogP contribution in [0.15, 0.2) is 63.9 Å². The summed E-state index contributed by atoms with van der Waals surface area (Å²) in [7, 11) is 1.13. The first kappa shape index (κ1) is 61.9. The molecular formula is C51H83N4O15P. The number of aliphatic hydroxyl groups is 5. The van der Waals surface area contributed by atoms with Crippen LogP contribution in [0.3, 0.4) is 0 Å². The van der Waals surface area contributed by atoms with E-state index in [0.29, 0.717) is 24.4 Å². The highest BCUT2D eigenvalue weighted by Crippen LogP contribution is 2.55. The van der Waals surface area contributed by atoms with Gasteiger partial charge < -0.3 is 68.9 Å². The number of likely N-dealkylation sites (N-methyl/N-ethyl adjacent to an activating group) is 1. The van der Waals surface area contributed by atoms with Crippen molar-refractivity contribution in [2.24, 2.45) is 23.2 Å². The quantitative estimate of drug-likeness (QED) is 0.0354. The Balaban J connectivity index is 1.72. The van der Waals surface area contributed by atoms with Crippen LogP contribution >= 0.6 is 7.82 Å². The third-order valence-corrected chi connectivity index (χ3v) is 15.0. The molecule has 1 aromatic heterocycles. The van der Waals surface area contributed by atoms with Crippen molar-refractivity contribution in [3.05, 3.63) is 71.0 Å². The molecule has 71 heavy (non-hydrogen) atoms. The van der Waals surface area contributed by atoms with Gasteiger partial charge in [-0.3, -0.25) is 9.32 Å². The monoisotopic (exact) mass is 1020 g/mol. The van der Waals surface area contributed by atoms with Gasteiger partial charge in [0.05, 0.1) is 55.8 Å². The smallest absolute Gasteiger partial charge is 0.448 e. The fourth-order valence-corrected chi connectivity index (χ4v) is 9.91. The zero-order chi connectivity index (χ0) is 53.6. The van der Waals surface area contributed by atoms with Gasteiger partial charge >= 0.3 is 7.82 Å². The Morgan fingerprint density at radius 3 is 2.38 bits per heavy atom. The summed E-state index contributed by atoms with van der Waals surface area (Å²) < 4.78 is 48.2. The second-order valence-electron chi connectivity index (χ2n) is 20.3. The van der Waals surface area contributed by atoms with E-state index in [9.17, 15) is 44.7 Å². The standard InChI is InChI=1S/C51H83N4O15P/c1-30(20-22-52)16-14-17-31(2)33(4)24-34(5)43(58)36(7)39(56)25-42(66-13)46-47(70-71(62,63)64)50(8,9)51(29-68-46)26-40(57)35(6)41(69-51)19-15-18-37-27-67-49(54-37)32(3)21-23-53-48(61)45(60)44(59)38(28-65-12)55(10)11/h14-18,20,24,27,32,34-36,38-47,56-60H,19,21,23,25-26,28-29H2,1-13H3,(H,53,61)(H2,62,63,64)/b16-14+,18-15+,30-20-,31-17+,33-24+/t32-,34+,35-,36-,38-,39-,40+,41-,42-,43+,44-,45-,46+,47-,51+/m1/s1. The van der Waals surface area contributed by atoms with Crippen molar-refractivity contribution >= 4 is 19.8 Å². The number of aromatic nitrogens is 1. The summed E-state index contributed by atoms with van der Waals surface area (Å²) in [5.41, 5.74) is 0.698. The second-order valence-corrected chi connectivity index (χ2v) is 21.5. The van der Waals surface area contributed by atoms with E-state index >= 15 is 0 Å². The molecule has 15 atom stereocenters. The number of amides is 1. The van der Waals surface area contributed by atoms with E-state index in [2.05, 4.69) is 10.3 Å². The van der Waals surface area contributed by atoms with Crippen LogP contribution in [0.5, 0.6) is 0 Å². The molecule has 0 unspecified atom stereocenters. The predicted octanol–water partition coefficient (Wildman–Crippen LogP) is 4.73. The molecule has 1 amide bonds. The molecule has 2 aliphatic heterocycles. The van der Waals surface area contributed by atoms with E-state index < -0.39 is 91.6 Å². The Hall–Kier alpha value is -3.42. The number of nitriles is 1. The number of carbonyl (C=O) groups is 1. The molecule has 8 N–H and O–H groups in total. The lowest BCUT2D eigenvalue weighted by Crippen LogP contribution is -2.70. The average molecular weight is 1020 g/mol. The molecule has 2 aliphatic rings. The van der Waals surface area contributed by atoms with Gasteiger partial charge in [0.2, 0.25) is 0 Å². The Labute approximate surface area is 420 Å². The number of methoxy groups -OCH3 is 2. The summed E-state index contributed by atoms with van der Waals surface area (Å²) in [4.78, 5) is 39.4. The number of phosphoric ester groups is 1. The molecule has 2 saturated heterocycles. The molecular weight excluding hydrogens is 940 g/mol. The zero-order valence-electron chi connectivity index (χ0n) is 43.8. The van der Waals surface area contributed by atoms with Crippen molar-refractivity contribution in [2.45, 2.75) is 160 Å². The van der Waals surface area contributed by atoms with E-state index in [1.165, 1.54) is 26.6 Å². The molecule has 3 heterocycles. The van der Waals surface area contributed by atoms with Crippen LogP contribution in [0, 0.1) is 34.5 Å². The lowest BCUT2D eigenvalue weighted by atomic mass is 9.62. The van der Waals surface area contributed by atoms with Crippen molar-refractivity contribution in [3.8, 4) is 6.07 Å². The largest absolute Gasteiger partial charge is 0.469 e. The summed E-state index contributed by atoms with van der Waals surface area (Å²) in [5, 5.41) is 67.1. The molecule has 0 saturated carbocycles. The number of ether oxygens (including phenoxy) is 4. The molecule has 1 aromatic rings. The summed E-state index contributed by atoms with van der Waals surface area (Å²) >= 11 is 0. The van der Waals surface area contributed by atoms with Crippen LogP contribution in [0.25, 0.3) is 6.08 Å². The first-order valence-electron chi connectivity index (χ1n) is 24.3. The SMILES string of the molecule is COC[C@H]([C@@H](O)[C@@H](O)C(=O)NCC[C@@H](C)c1nc(/C=C/C[C@H]2O[C@]3(CO[C@@H]([C@@H](C[C@@H](O)[C@@H](C)[C@@H](O)[C@@H](C)/C=C(C)/C(C)=C/C=C/C(C)=C\C#N)OC)[C@@H](OP(=O)(O)O)C3(C)C)C[C@H](O)[C@H]2C)co1)N(C)C. The van der Waals surface area contributed by atoms with Gasteiger partial charge in [-0.25, -0.2) is 9.55 Å². The van der Waals surface area contributed by atoms with Gasteiger partial charge in [-0.05, 0) is 64.9 Å². The van der Waals surface area contributed by atoms with Gasteiger partial charge in [0.15, 0.2) is 12.0 Å². The van der Waals surface area contributed by atoms with E-state index in [1.807, 2.05) is 78.0 Å². The van der Waals surface area contributed by atoms with Gasteiger partial charge in [0.25, 0.3) is 5.91 Å². The molecule has 0 aliphatic carbocycles. The molecule has 0 bridgehead atoms. The highest BCUT2D eigenvalue weighted by Gasteiger charge is 2.63. The average Bonchev–Trinajstić information content (AvgIpc) is 3.78. The second kappa shape index (κ2) is 27.8. The molecule has 2 fully saturated rings. The maximum atomic E-state index is 12.7. The number of carbonyl (C=O) groups excluding carboxylic acids is 1. The molecule has 20 heteroatoms. The lowest BCUT2D eigenvalue weighted by Gasteiger charge is -2.60. The molecule has 1 spiro atoms. The third kappa shape index (κ3) is 17.1. The molecule has 0 radical (unpaired) electrons. The molecule has 3 rings (SSSR count). The topological polar surface area (TPSA) is 287 Å². The number of allylic oxidation sites excluding steroid dienone is 7. The fourth-order valence-electron chi connectivity index (χ4n) is 9.23. The minimum absolute atomic E-state index is 0.0707. The minimum atomic E-state index is -5.17. The van der Waals surface area contributed by atoms with Crippen molar-refractivity contribution in [3.63, 3.8) is 0 Å². The highest BCUT2D eigenvalue weighted by molar-refractivity contribution is 7.46. The molecule has 402 valence electrons. The van der Waals surface area contributed by atoms with Crippen LogP contribution in [0.1, 0.15) is 105 Å². The van der Waals surface area contributed by atoms with Crippen molar-refractivity contribution in [1.29, 1.82) is 5.26 Å². The van der Waals surface area contributed by atoms with Gasteiger partial charge in [-0.15, -0.1) is 0 Å². The molecule has 19 nitrogen and oxygen atoms in total. The summed E-state index contributed by atoms with van der Waals surface area (Å²) in [6.45, 7) is 16.7. The van der Waals surface area contributed by atoms with Crippen LogP contribution in [-0.2, 0) is 32.8 Å². The Bertz CT molecular complexity index is 2090. The lowest BCUT2D eigenvalue weighted by molar-refractivity contribution is -0.317. The van der Waals surface area contributed by atoms with Crippen LogP contribution in [0.2, 0.25) is 0 Å². The third-order valence-electron chi connectivity index (χ3n) is 14.5. The van der Waals surface area contributed by atoms with E-state index in [0.717, 1.165) is 16.7 Å². The number of rotatable bonds is 26. The van der Waals surface area contributed by atoms with Gasteiger partial charge in [-0.1, -0.05) is 77.5 Å². The minimum Gasteiger partial charge on any atom is -0.448 e. The normalized spacial score (nSPS) is 27.5. The Morgan fingerprint density at radius 1 is 1.10 bits per heavy atom. The maximum absolute atomic E-state index is 12.7. The number of hydrogen-bond acceptors (Lipinski definition) is 16. The number of nitrogens with one attached hydrogen (secondary N) is 1. The Kier molecular flexibility index (Phi) is 24.2. The predicted molar refractivity (Wildman–Crippen MR) is 267 cm³/mol. The Morgan fingerprint density at radius 2 is 1.77 bits per heavy atom. The number of nitrogens with zero attached hydrogens (tertiary/aromatic N) is 3. The summed E-state index contributed by atoms with van der Waals surface area (Å²) in [6, 6.07) is 1.40. The first-order chi connectivity index (χ1) is 33.1. The summed E-state index contributed by atoms with van der Waals surface area (Å²) in [6.07, 6.45) is 4.75. The fraction of sp³-hybridized carbons (Fsp3) is 0.706. The van der Waals surface area contributed by atoms with Gasteiger partial charge in [0.1, 0.15) is 35.9 Å². The van der Waals surface area contributed by atoms with Crippen molar-refractivity contribution in [2.75, 3.05) is 48.1 Å². The van der Waals surface area contributed by atoms with E-state index in [-0.39, 0.29) is 50.4 Å². The van der Waals surface area contributed by atoms with Crippen molar-refractivity contribution < 1.29 is 72.6 Å². The first-order valence-corrected chi connectivity index (χ1v) is 25.8. The number of aliphatic hydroxyl groups excluding tert-OH is 5. The maximum Gasteiger partial charge on any atom is 0.469 e. The number of phosphoric acid groups is 1.